The van der Waals surface area contributed by atoms with Crippen molar-refractivity contribution >= 4 is 11.6 Å². The van der Waals surface area contributed by atoms with E-state index in [9.17, 15) is 4.79 Å². The first-order valence-electron chi connectivity index (χ1n) is 5.81. The standard InChI is InChI=1S/C14H14N2O3/c17-9-11-6-7-15-8-13(11)16-14(18)10-19-12-4-2-1-3-5-12/h1-8,17H,9-10H2,(H,16,18). The zero-order valence-corrected chi connectivity index (χ0v) is 10.2. The highest BCUT2D eigenvalue weighted by molar-refractivity contribution is 5.92. The Morgan fingerprint density at radius 2 is 2.05 bits per heavy atom. The van der Waals surface area contributed by atoms with Gasteiger partial charge in [0.05, 0.1) is 18.5 Å². The smallest absolute Gasteiger partial charge is 0.262 e. The quantitative estimate of drug-likeness (QED) is 0.854. The predicted octanol–water partition coefficient (Wildman–Crippen LogP) is 1.59. The van der Waals surface area contributed by atoms with Gasteiger partial charge >= 0.3 is 0 Å². The van der Waals surface area contributed by atoms with E-state index in [0.29, 0.717) is 17.0 Å². The van der Waals surface area contributed by atoms with Crippen molar-refractivity contribution in [2.75, 3.05) is 11.9 Å². The molecule has 0 aliphatic carbocycles. The number of aliphatic hydroxyl groups is 1. The van der Waals surface area contributed by atoms with Crippen LogP contribution in [0.25, 0.3) is 0 Å². The van der Waals surface area contributed by atoms with E-state index < -0.39 is 0 Å². The van der Waals surface area contributed by atoms with Gasteiger partial charge in [-0.05, 0) is 18.2 Å². The first-order valence-corrected chi connectivity index (χ1v) is 5.81. The van der Waals surface area contributed by atoms with Crippen LogP contribution in [0, 0.1) is 0 Å². The normalized spacial score (nSPS) is 9.95. The number of amides is 1. The van der Waals surface area contributed by atoms with Gasteiger partial charge in [-0.1, -0.05) is 18.2 Å². The third-order valence-corrected chi connectivity index (χ3v) is 2.47. The van der Waals surface area contributed by atoms with E-state index in [1.165, 1.54) is 6.20 Å². The monoisotopic (exact) mass is 258 g/mol. The minimum atomic E-state index is -0.299. The largest absolute Gasteiger partial charge is 0.484 e. The number of aromatic nitrogens is 1. The number of carbonyl (C=O) groups is 1. The Bertz CT molecular complexity index is 543. The number of anilines is 1. The van der Waals surface area contributed by atoms with Crippen LogP contribution >= 0.6 is 0 Å². The van der Waals surface area contributed by atoms with Gasteiger partial charge in [0.15, 0.2) is 6.61 Å². The predicted molar refractivity (Wildman–Crippen MR) is 70.7 cm³/mol. The Kier molecular flexibility index (Phi) is 4.47. The number of aliphatic hydroxyl groups excluding tert-OH is 1. The fourth-order valence-corrected chi connectivity index (χ4v) is 1.53. The Morgan fingerprint density at radius 3 is 2.79 bits per heavy atom. The molecule has 0 atom stereocenters. The second-order valence-electron chi connectivity index (χ2n) is 3.84. The number of hydrogen-bond acceptors (Lipinski definition) is 4. The lowest BCUT2D eigenvalue weighted by atomic mass is 10.2. The second kappa shape index (κ2) is 6.51. The van der Waals surface area contributed by atoms with Crippen LogP contribution in [0.3, 0.4) is 0 Å². The molecule has 0 unspecified atom stereocenters. The lowest BCUT2D eigenvalue weighted by molar-refractivity contribution is -0.118. The molecule has 0 aliphatic heterocycles. The van der Waals surface area contributed by atoms with Gasteiger partial charge in [0.1, 0.15) is 5.75 Å². The molecule has 0 saturated carbocycles. The van der Waals surface area contributed by atoms with Gasteiger partial charge in [-0.25, -0.2) is 0 Å². The molecule has 1 amide bonds. The molecule has 1 heterocycles. The van der Waals surface area contributed by atoms with E-state index in [4.69, 9.17) is 9.84 Å². The van der Waals surface area contributed by atoms with E-state index in [1.54, 1.807) is 24.4 Å². The van der Waals surface area contributed by atoms with E-state index in [-0.39, 0.29) is 19.1 Å². The summed E-state index contributed by atoms with van der Waals surface area (Å²) in [5.41, 5.74) is 1.11. The highest BCUT2D eigenvalue weighted by Gasteiger charge is 2.07. The molecule has 0 saturated heterocycles. The Morgan fingerprint density at radius 1 is 1.26 bits per heavy atom. The van der Waals surface area contributed by atoms with Gasteiger partial charge in [-0.15, -0.1) is 0 Å². The van der Waals surface area contributed by atoms with Crippen LogP contribution in [0.1, 0.15) is 5.56 Å². The molecule has 2 aromatic rings. The molecule has 0 spiro atoms. The summed E-state index contributed by atoms with van der Waals surface area (Å²) in [6.07, 6.45) is 3.05. The van der Waals surface area contributed by atoms with Crippen molar-refractivity contribution in [2.45, 2.75) is 6.61 Å². The maximum absolute atomic E-state index is 11.7. The highest BCUT2D eigenvalue weighted by atomic mass is 16.5. The highest BCUT2D eigenvalue weighted by Crippen LogP contribution is 2.13. The molecule has 0 aliphatic rings. The number of carbonyl (C=O) groups excluding carboxylic acids is 1. The van der Waals surface area contributed by atoms with Crippen LogP contribution in [0.5, 0.6) is 5.75 Å². The van der Waals surface area contributed by atoms with E-state index in [2.05, 4.69) is 10.3 Å². The van der Waals surface area contributed by atoms with Crippen molar-refractivity contribution in [2.24, 2.45) is 0 Å². The van der Waals surface area contributed by atoms with E-state index in [1.807, 2.05) is 18.2 Å². The molecule has 5 nitrogen and oxygen atoms in total. The summed E-state index contributed by atoms with van der Waals surface area (Å²) in [7, 11) is 0. The molecule has 2 N–H and O–H groups in total. The number of ether oxygens (including phenoxy) is 1. The number of nitrogens with one attached hydrogen (secondary N) is 1. The summed E-state index contributed by atoms with van der Waals surface area (Å²) in [6, 6.07) is 10.7. The minimum absolute atomic E-state index is 0.0935. The van der Waals surface area contributed by atoms with Crippen LogP contribution < -0.4 is 10.1 Å². The second-order valence-corrected chi connectivity index (χ2v) is 3.84. The molecule has 98 valence electrons. The number of nitrogens with zero attached hydrogens (tertiary/aromatic N) is 1. The van der Waals surface area contributed by atoms with Gasteiger partial charge in [0.25, 0.3) is 5.91 Å². The fourth-order valence-electron chi connectivity index (χ4n) is 1.53. The third kappa shape index (κ3) is 3.79. The number of rotatable bonds is 5. The van der Waals surface area contributed by atoms with Crippen molar-refractivity contribution in [1.82, 2.24) is 4.98 Å². The van der Waals surface area contributed by atoms with Gasteiger partial charge in [0, 0.05) is 11.8 Å². The summed E-state index contributed by atoms with van der Waals surface area (Å²) in [6.45, 7) is -0.249. The van der Waals surface area contributed by atoms with Crippen molar-refractivity contribution in [3.8, 4) is 5.75 Å². The minimum Gasteiger partial charge on any atom is -0.484 e. The molecule has 0 fully saturated rings. The summed E-state index contributed by atoms with van der Waals surface area (Å²) < 4.78 is 5.32. The van der Waals surface area contributed by atoms with Gasteiger partial charge in [-0.3, -0.25) is 9.78 Å². The van der Waals surface area contributed by atoms with Crippen LogP contribution in [-0.2, 0) is 11.4 Å². The molecular weight excluding hydrogens is 244 g/mol. The maximum atomic E-state index is 11.7. The summed E-state index contributed by atoms with van der Waals surface area (Å²) in [4.78, 5) is 15.6. The SMILES string of the molecule is O=C(COc1ccccc1)Nc1cnccc1CO. The summed E-state index contributed by atoms with van der Waals surface area (Å²) in [5.74, 6) is 0.331. The van der Waals surface area contributed by atoms with Gasteiger partial charge < -0.3 is 15.2 Å². The van der Waals surface area contributed by atoms with Crippen molar-refractivity contribution in [1.29, 1.82) is 0 Å². The lowest BCUT2D eigenvalue weighted by Crippen LogP contribution is -2.21. The molecule has 19 heavy (non-hydrogen) atoms. The Hall–Kier alpha value is -2.40. The number of benzene rings is 1. The number of para-hydroxylation sites is 1. The number of hydrogen-bond donors (Lipinski definition) is 2. The van der Waals surface area contributed by atoms with Crippen molar-refractivity contribution in [3.05, 3.63) is 54.4 Å². The topological polar surface area (TPSA) is 71.5 Å². The van der Waals surface area contributed by atoms with Crippen LogP contribution in [0.15, 0.2) is 48.8 Å². The Labute approximate surface area is 110 Å². The third-order valence-electron chi connectivity index (χ3n) is 2.47. The fraction of sp³-hybridized carbons (Fsp3) is 0.143. The zero-order valence-electron chi connectivity index (χ0n) is 10.2. The zero-order chi connectivity index (χ0) is 13.5. The summed E-state index contributed by atoms with van der Waals surface area (Å²) >= 11 is 0. The molecule has 1 aromatic carbocycles. The lowest BCUT2D eigenvalue weighted by Gasteiger charge is -2.09. The van der Waals surface area contributed by atoms with Gasteiger partial charge in [-0.2, -0.15) is 0 Å². The van der Waals surface area contributed by atoms with Crippen molar-refractivity contribution < 1.29 is 14.6 Å². The molecule has 2 rings (SSSR count). The molecule has 1 aromatic heterocycles. The molecule has 0 bridgehead atoms. The van der Waals surface area contributed by atoms with E-state index in [0.717, 1.165) is 0 Å². The van der Waals surface area contributed by atoms with E-state index >= 15 is 0 Å². The van der Waals surface area contributed by atoms with Crippen LogP contribution in [0.2, 0.25) is 0 Å². The first kappa shape index (κ1) is 13.0. The average Bonchev–Trinajstić information content (AvgIpc) is 2.47. The molecule has 5 heteroatoms. The Balaban J connectivity index is 1.91. The maximum Gasteiger partial charge on any atom is 0.262 e. The first-order chi connectivity index (χ1) is 9.29. The summed E-state index contributed by atoms with van der Waals surface area (Å²) in [5, 5.41) is 11.8. The van der Waals surface area contributed by atoms with Crippen LogP contribution in [0.4, 0.5) is 5.69 Å². The van der Waals surface area contributed by atoms with Gasteiger partial charge in [0.2, 0.25) is 0 Å². The van der Waals surface area contributed by atoms with Crippen molar-refractivity contribution in [3.63, 3.8) is 0 Å². The molecular formula is C14H14N2O3. The molecule has 0 radical (unpaired) electrons. The average molecular weight is 258 g/mol. The van der Waals surface area contributed by atoms with Crippen LogP contribution in [-0.4, -0.2) is 22.6 Å². The number of pyridine rings is 1.